The molecule has 94 valence electrons. The van der Waals surface area contributed by atoms with Crippen LogP contribution in [0.5, 0.6) is 0 Å². The van der Waals surface area contributed by atoms with E-state index in [1.54, 1.807) is 0 Å². The van der Waals surface area contributed by atoms with Crippen LogP contribution in [0, 0.1) is 0 Å². The maximum atomic E-state index is 10.2. The number of rotatable bonds is 2. The molecule has 1 atom stereocenters. The van der Waals surface area contributed by atoms with E-state index in [-0.39, 0.29) is 0 Å². The molecule has 3 N–H and O–H groups in total. The summed E-state index contributed by atoms with van der Waals surface area (Å²) < 4.78 is 4.30. The molecular weight excluding hydrogens is 234 g/mol. The first-order valence-corrected chi connectivity index (χ1v) is 7.06. The number of β-amino-alcohol motifs (C(OH)–C–C–N with tert-alkyl or cyclic N) is 1. The lowest BCUT2D eigenvalue weighted by Gasteiger charge is -2.37. The molecule has 4 nitrogen and oxygen atoms in total. The number of piperidine rings is 1. The van der Waals surface area contributed by atoms with Crippen LogP contribution in [0.15, 0.2) is 0 Å². The van der Waals surface area contributed by atoms with Crippen LogP contribution in [-0.2, 0) is 0 Å². The van der Waals surface area contributed by atoms with Gasteiger partial charge < -0.3 is 15.7 Å². The summed E-state index contributed by atoms with van der Waals surface area (Å²) in [6.07, 6.45) is 4.39. The van der Waals surface area contributed by atoms with E-state index < -0.39 is 5.60 Å². The Morgan fingerprint density at radius 1 is 1.53 bits per heavy atom. The number of hydrogen-bond donors (Lipinski definition) is 2. The number of aliphatic hydroxyl groups is 1. The Bertz CT molecular complexity index is 425. The molecule has 2 fully saturated rings. The molecular formula is C12H19N3OS. The molecule has 5 heteroatoms. The molecule has 0 aromatic carbocycles. The summed E-state index contributed by atoms with van der Waals surface area (Å²) in [5.74, 6) is 1.33. The minimum Gasteiger partial charge on any atom is -0.388 e. The quantitative estimate of drug-likeness (QED) is 0.845. The summed E-state index contributed by atoms with van der Waals surface area (Å²) in [5.41, 5.74) is 6.64. The minimum atomic E-state index is -0.572. The average molecular weight is 253 g/mol. The fourth-order valence-corrected chi connectivity index (χ4v) is 3.60. The molecule has 2 aliphatic rings. The van der Waals surface area contributed by atoms with Crippen molar-refractivity contribution in [1.82, 2.24) is 4.37 Å². The lowest BCUT2D eigenvalue weighted by molar-refractivity contribution is 0.0451. The van der Waals surface area contributed by atoms with Crippen molar-refractivity contribution in [3.63, 3.8) is 0 Å². The fraction of sp³-hybridized carbons (Fsp3) is 0.750. The summed E-state index contributed by atoms with van der Waals surface area (Å²) in [5, 5.41) is 11.4. The van der Waals surface area contributed by atoms with Crippen LogP contribution in [0.4, 0.5) is 10.8 Å². The van der Waals surface area contributed by atoms with Crippen LogP contribution >= 0.6 is 11.5 Å². The predicted octanol–water partition coefficient (Wildman–Crippen LogP) is 1.95. The summed E-state index contributed by atoms with van der Waals surface area (Å²) in [6.45, 7) is 3.63. The molecule has 1 aliphatic heterocycles. The highest BCUT2D eigenvalue weighted by molar-refractivity contribution is 7.10. The summed E-state index contributed by atoms with van der Waals surface area (Å²) >= 11 is 1.49. The maximum Gasteiger partial charge on any atom is 0.142 e. The van der Waals surface area contributed by atoms with E-state index >= 15 is 0 Å². The summed E-state index contributed by atoms with van der Waals surface area (Å²) in [4.78, 5) is 2.27. The lowest BCUT2D eigenvalue weighted by atomic mass is 9.95. The van der Waals surface area contributed by atoms with E-state index in [0.29, 0.717) is 18.3 Å². The van der Waals surface area contributed by atoms with Crippen molar-refractivity contribution in [2.24, 2.45) is 0 Å². The molecule has 1 saturated heterocycles. The van der Waals surface area contributed by atoms with Crippen LogP contribution in [-0.4, -0.2) is 28.2 Å². The van der Waals surface area contributed by atoms with Crippen molar-refractivity contribution in [3.8, 4) is 0 Å². The van der Waals surface area contributed by atoms with Gasteiger partial charge in [0.1, 0.15) is 10.8 Å². The Hall–Kier alpha value is -0.810. The van der Waals surface area contributed by atoms with Crippen LogP contribution in [0.25, 0.3) is 0 Å². The Labute approximate surface area is 106 Å². The van der Waals surface area contributed by atoms with Gasteiger partial charge in [0, 0.05) is 18.7 Å². The molecule has 1 saturated carbocycles. The third-order valence-electron chi connectivity index (χ3n) is 3.68. The standard InChI is InChI=1S/C12H19N3OS/c1-12(16)5-2-6-15(7-12)11-9(8-3-4-8)10(13)14-17-11/h8,16H,2-7H2,1H3,(H2,13,14). The van der Waals surface area contributed by atoms with Gasteiger partial charge in [-0.05, 0) is 50.1 Å². The highest BCUT2D eigenvalue weighted by atomic mass is 32.1. The molecule has 3 rings (SSSR count). The van der Waals surface area contributed by atoms with Crippen LogP contribution < -0.4 is 10.6 Å². The van der Waals surface area contributed by atoms with Gasteiger partial charge in [-0.25, -0.2) is 0 Å². The van der Waals surface area contributed by atoms with Gasteiger partial charge in [-0.15, -0.1) is 0 Å². The SMILES string of the molecule is CC1(O)CCCN(c2snc(N)c2C2CC2)C1. The zero-order valence-corrected chi connectivity index (χ0v) is 11.0. The normalized spacial score (nSPS) is 29.6. The smallest absolute Gasteiger partial charge is 0.142 e. The van der Waals surface area contributed by atoms with E-state index in [9.17, 15) is 5.11 Å². The molecule has 1 aromatic rings. The Morgan fingerprint density at radius 2 is 2.29 bits per heavy atom. The van der Waals surface area contributed by atoms with E-state index in [1.165, 1.54) is 34.9 Å². The monoisotopic (exact) mass is 253 g/mol. The highest BCUT2D eigenvalue weighted by Crippen LogP contribution is 2.49. The molecule has 0 radical (unpaired) electrons. The van der Waals surface area contributed by atoms with Crippen LogP contribution in [0.3, 0.4) is 0 Å². The lowest BCUT2D eigenvalue weighted by Crippen LogP contribution is -2.46. The third kappa shape index (κ3) is 2.13. The van der Waals surface area contributed by atoms with Crippen molar-refractivity contribution in [2.45, 2.75) is 44.1 Å². The van der Waals surface area contributed by atoms with Gasteiger partial charge in [0.25, 0.3) is 0 Å². The fourth-order valence-electron chi connectivity index (χ4n) is 2.68. The molecule has 0 bridgehead atoms. The van der Waals surface area contributed by atoms with Gasteiger partial charge in [0.15, 0.2) is 0 Å². The van der Waals surface area contributed by atoms with Crippen molar-refractivity contribution in [2.75, 3.05) is 23.7 Å². The first-order chi connectivity index (χ1) is 8.07. The number of hydrogen-bond acceptors (Lipinski definition) is 5. The number of nitrogen functional groups attached to an aromatic ring is 1. The van der Waals surface area contributed by atoms with Gasteiger partial charge in [-0.1, -0.05) is 0 Å². The maximum absolute atomic E-state index is 10.2. The Kier molecular flexibility index (Phi) is 2.56. The average Bonchev–Trinajstić information content (AvgIpc) is 3.01. The third-order valence-corrected chi connectivity index (χ3v) is 4.62. The predicted molar refractivity (Wildman–Crippen MR) is 70.6 cm³/mol. The molecule has 0 amide bonds. The van der Waals surface area contributed by atoms with E-state index in [2.05, 4.69) is 9.27 Å². The van der Waals surface area contributed by atoms with Gasteiger partial charge >= 0.3 is 0 Å². The molecule has 1 aromatic heterocycles. The Morgan fingerprint density at radius 3 is 2.94 bits per heavy atom. The largest absolute Gasteiger partial charge is 0.388 e. The van der Waals surface area contributed by atoms with E-state index in [0.717, 1.165) is 19.4 Å². The number of nitrogens with two attached hydrogens (primary N) is 1. The second kappa shape index (κ2) is 3.85. The minimum absolute atomic E-state index is 0.572. The van der Waals surface area contributed by atoms with Crippen molar-refractivity contribution >= 4 is 22.4 Å². The van der Waals surface area contributed by atoms with Crippen LogP contribution in [0.1, 0.15) is 44.1 Å². The molecule has 1 aliphatic carbocycles. The second-order valence-electron chi connectivity index (χ2n) is 5.58. The Balaban J connectivity index is 1.88. The first-order valence-electron chi connectivity index (χ1n) is 6.29. The number of anilines is 2. The van der Waals surface area contributed by atoms with Gasteiger partial charge in [-0.2, -0.15) is 4.37 Å². The molecule has 1 unspecified atom stereocenters. The first kappa shape index (κ1) is 11.3. The summed E-state index contributed by atoms with van der Waals surface area (Å²) in [6, 6.07) is 0. The van der Waals surface area contributed by atoms with E-state index in [4.69, 9.17) is 5.73 Å². The van der Waals surface area contributed by atoms with Crippen molar-refractivity contribution in [1.29, 1.82) is 0 Å². The van der Waals surface area contributed by atoms with Gasteiger partial charge in [0.05, 0.1) is 5.60 Å². The van der Waals surface area contributed by atoms with E-state index in [1.807, 2.05) is 6.92 Å². The molecule has 2 heterocycles. The second-order valence-corrected chi connectivity index (χ2v) is 6.33. The van der Waals surface area contributed by atoms with Gasteiger partial charge in [-0.3, -0.25) is 0 Å². The molecule has 0 spiro atoms. The van der Waals surface area contributed by atoms with Gasteiger partial charge in [0.2, 0.25) is 0 Å². The zero-order valence-electron chi connectivity index (χ0n) is 10.1. The zero-order chi connectivity index (χ0) is 12.0. The summed E-state index contributed by atoms with van der Waals surface area (Å²) in [7, 11) is 0. The number of nitrogens with zero attached hydrogens (tertiary/aromatic N) is 2. The van der Waals surface area contributed by atoms with Crippen LogP contribution in [0.2, 0.25) is 0 Å². The molecule has 17 heavy (non-hydrogen) atoms. The number of aromatic nitrogens is 1. The highest BCUT2D eigenvalue weighted by Gasteiger charge is 2.35. The van der Waals surface area contributed by atoms with Crippen molar-refractivity contribution < 1.29 is 5.11 Å². The topological polar surface area (TPSA) is 62.4 Å². The van der Waals surface area contributed by atoms with Crippen molar-refractivity contribution in [3.05, 3.63) is 5.56 Å².